The average molecular weight is 365 g/mol. The fourth-order valence-electron chi connectivity index (χ4n) is 2.00. The molecule has 6 nitrogen and oxygen atoms in total. The van der Waals surface area contributed by atoms with E-state index in [1.54, 1.807) is 24.3 Å². The number of rotatable bonds is 6. The molecule has 0 saturated carbocycles. The highest BCUT2D eigenvalue weighted by atomic mass is 35.5. The predicted molar refractivity (Wildman–Crippen MR) is 88.1 cm³/mol. The molecule has 8 heteroatoms. The fraction of sp³-hybridized carbons (Fsp3) is 0.125. The van der Waals surface area contributed by atoms with Crippen molar-refractivity contribution in [2.24, 2.45) is 0 Å². The molecule has 2 N–H and O–H groups in total. The van der Waals surface area contributed by atoms with Gasteiger partial charge in [-0.3, -0.25) is 4.79 Å². The third-order valence-electron chi connectivity index (χ3n) is 3.24. The Labute approximate surface area is 144 Å². The second-order valence-electron chi connectivity index (χ2n) is 4.98. The molecule has 0 radical (unpaired) electrons. The molecule has 0 fully saturated rings. The first-order valence-electron chi connectivity index (χ1n) is 6.81. The van der Waals surface area contributed by atoms with Crippen LogP contribution in [-0.4, -0.2) is 25.5 Å². The molecule has 0 amide bonds. The minimum absolute atomic E-state index is 0.0478. The topological polar surface area (TPSA) is 107 Å². The van der Waals surface area contributed by atoms with E-state index in [-0.39, 0.29) is 11.3 Å². The van der Waals surface area contributed by atoms with E-state index in [1.807, 2.05) is 6.07 Å². The number of nitrogens with one attached hydrogen (secondary N) is 1. The van der Waals surface area contributed by atoms with E-state index in [1.165, 1.54) is 24.3 Å². The molecule has 2 rings (SSSR count). The number of hydrogen-bond donors (Lipinski definition) is 2. The van der Waals surface area contributed by atoms with E-state index in [2.05, 4.69) is 4.72 Å². The highest BCUT2D eigenvalue weighted by Crippen LogP contribution is 2.15. The Morgan fingerprint density at radius 1 is 1.17 bits per heavy atom. The zero-order chi connectivity index (χ0) is 17.7. The summed E-state index contributed by atoms with van der Waals surface area (Å²) in [5, 5.41) is 18.4. The molecule has 0 aliphatic heterocycles. The Balaban J connectivity index is 2.20. The third kappa shape index (κ3) is 4.55. The summed E-state index contributed by atoms with van der Waals surface area (Å²) in [6, 6.07) is 12.3. The molecule has 124 valence electrons. The summed E-state index contributed by atoms with van der Waals surface area (Å²) < 4.78 is 26.7. The van der Waals surface area contributed by atoms with Crippen LogP contribution >= 0.6 is 11.6 Å². The van der Waals surface area contributed by atoms with Gasteiger partial charge in [0, 0.05) is 5.02 Å². The van der Waals surface area contributed by atoms with Crippen molar-refractivity contribution < 1.29 is 18.3 Å². The van der Waals surface area contributed by atoms with Gasteiger partial charge in [0.1, 0.15) is 6.04 Å². The number of halogens is 1. The lowest BCUT2D eigenvalue weighted by Gasteiger charge is -2.15. The number of benzene rings is 2. The van der Waals surface area contributed by atoms with Crippen molar-refractivity contribution in [1.82, 2.24) is 4.72 Å². The van der Waals surface area contributed by atoms with Crippen molar-refractivity contribution in [1.29, 1.82) is 5.26 Å². The van der Waals surface area contributed by atoms with Gasteiger partial charge in [-0.2, -0.15) is 9.98 Å². The maximum atomic E-state index is 12.3. The zero-order valence-electron chi connectivity index (χ0n) is 12.3. The van der Waals surface area contributed by atoms with Crippen LogP contribution in [0.5, 0.6) is 0 Å². The van der Waals surface area contributed by atoms with Gasteiger partial charge < -0.3 is 5.11 Å². The van der Waals surface area contributed by atoms with Gasteiger partial charge in [0.25, 0.3) is 0 Å². The van der Waals surface area contributed by atoms with Crippen LogP contribution in [0.1, 0.15) is 11.1 Å². The molecule has 24 heavy (non-hydrogen) atoms. The van der Waals surface area contributed by atoms with Crippen molar-refractivity contribution in [3.63, 3.8) is 0 Å². The van der Waals surface area contributed by atoms with Crippen molar-refractivity contribution in [3.05, 3.63) is 64.7 Å². The first-order chi connectivity index (χ1) is 11.3. The number of nitrogens with zero attached hydrogens (tertiary/aromatic N) is 1. The quantitative estimate of drug-likeness (QED) is 0.816. The number of nitriles is 1. The maximum absolute atomic E-state index is 12.3. The second-order valence-corrected chi connectivity index (χ2v) is 7.13. The van der Waals surface area contributed by atoms with Gasteiger partial charge in [-0.05, 0) is 48.4 Å². The van der Waals surface area contributed by atoms with Crippen molar-refractivity contribution in [2.45, 2.75) is 17.4 Å². The second kappa shape index (κ2) is 7.45. The summed E-state index contributed by atoms with van der Waals surface area (Å²) in [5.41, 5.74) is 1.03. The van der Waals surface area contributed by atoms with Gasteiger partial charge in [-0.25, -0.2) is 8.42 Å². The van der Waals surface area contributed by atoms with E-state index in [0.29, 0.717) is 16.1 Å². The predicted octanol–water partition coefficient (Wildman–Crippen LogP) is 2.19. The lowest BCUT2D eigenvalue weighted by atomic mass is 10.1. The molecule has 0 aliphatic rings. The average Bonchev–Trinajstić information content (AvgIpc) is 2.55. The van der Waals surface area contributed by atoms with Crippen molar-refractivity contribution in [3.8, 4) is 6.07 Å². The molecule has 0 saturated heterocycles. The smallest absolute Gasteiger partial charge is 0.322 e. The van der Waals surface area contributed by atoms with E-state index in [4.69, 9.17) is 16.9 Å². The lowest BCUT2D eigenvalue weighted by Crippen LogP contribution is -2.42. The summed E-state index contributed by atoms with van der Waals surface area (Å²) in [6.45, 7) is 0. The van der Waals surface area contributed by atoms with Crippen molar-refractivity contribution >= 4 is 27.6 Å². The summed E-state index contributed by atoms with van der Waals surface area (Å²) >= 11 is 5.72. The summed E-state index contributed by atoms with van der Waals surface area (Å²) in [4.78, 5) is 11.3. The lowest BCUT2D eigenvalue weighted by molar-refractivity contribution is -0.138. The van der Waals surface area contributed by atoms with Gasteiger partial charge in [-0.15, -0.1) is 0 Å². The fourth-order valence-corrected chi connectivity index (χ4v) is 3.31. The summed E-state index contributed by atoms with van der Waals surface area (Å²) in [7, 11) is -4.00. The third-order valence-corrected chi connectivity index (χ3v) is 4.98. The molecule has 0 aromatic heterocycles. The highest BCUT2D eigenvalue weighted by molar-refractivity contribution is 7.89. The SMILES string of the molecule is N#Cc1ccc(C[C@H](NS(=O)(=O)c2ccc(Cl)cc2)C(=O)O)cc1. The standard InChI is InChI=1S/C16H13ClN2O4S/c17-13-5-7-14(8-6-13)24(22,23)19-15(16(20)21)9-11-1-3-12(10-18)4-2-11/h1-8,15,19H,9H2,(H,20,21)/t15-/m0/s1. The van der Waals surface area contributed by atoms with Crippen molar-refractivity contribution in [2.75, 3.05) is 0 Å². The van der Waals surface area contributed by atoms with E-state index in [0.717, 1.165) is 0 Å². The Morgan fingerprint density at radius 2 is 1.75 bits per heavy atom. The van der Waals surface area contributed by atoms with Crippen LogP contribution in [0.25, 0.3) is 0 Å². The van der Waals surface area contributed by atoms with Crippen LogP contribution in [0.3, 0.4) is 0 Å². The Morgan fingerprint density at radius 3 is 2.25 bits per heavy atom. The summed E-state index contributed by atoms with van der Waals surface area (Å²) in [5.74, 6) is -1.29. The largest absolute Gasteiger partial charge is 0.480 e. The van der Waals surface area contributed by atoms with E-state index >= 15 is 0 Å². The van der Waals surface area contributed by atoms with Gasteiger partial charge in [0.15, 0.2) is 0 Å². The number of aliphatic carboxylic acids is 1. The van der Waals surface area contributed by atoms with Gasteiger partial charge in [0.05, 0.1) is 16.5 Å². The first kappa shape index (κ1) is 17.9. The monoisotopic (exact) mass is 364 g/mol. The number of carbonyl (C=O) groups is 1. The van der Waals surface area contributed by atoms with Gasteiger partial charge >= 0.3 is 5.97 Å². The first-order valence-corrected chi connectivity index (χ1v) is 8.67. The Bertz CT molecular complexity index is 872. The molecule has 1 atom stereocenters. The van der Waals surface area contributed by atoms with Gasteiger partial charge in [0.2, 0.25) is 10.0 Å². The molecular weight excluding hydrogens is 352 g/mol. The molecule has 0 spiro atoms. The molecule has 0 heterocycles. The molecule has 2 aromatic rings. The van der Waals surface area contributed by atoms with E-state index < -0.39 is 22.0 Å². The number of carboxylic acids is 1. The van der Waals surface area contributed by atoms with Crippen LogP contribution in [0.15, 0.2) is 53.4 Å². The molecule has 2 aromatic carbocycles. The molecular formula is C16H13ClN2O4S. The Hall–Kier alpha value is -2.40. The Kier molecular flexibility index (Phi) is 5.57. The maximum Gasteiger partial charge on any atom is 0.322 e. The van der Waals surface area contributed by atoms with Crippen LogP contribution < -0.4 is 4.72 Å². The van der Waals surface area contributed by atoms with Crippen LogP contribution in [-0.2, 0) is 21.2 Å². The number of carboxylic acid groups (broad SMARTS) is 1. The summed E-state index contributed by atoms with van der Waals surface area (Å²) in [6.07, 6.45) is -0.0478. The minimum atomic E-state index is -4.00. The van der Waals surface area contributed by atoms with Crippen LogP contribution in [0.4, 0.5) is 0 Å². The minimum Gasteiger partial charge on any atom is -0.480 e. The van der Waals surface area contributed by atoms with Crippen LogP contribution in [0.2, 0.25) is 5.02 Å². The number of hydrogen-bond acceptors (Lipinski definition) is 4. The molecule has 0 bridgehead atoms. The number of sulfonamides is 1. The zero-order valence-corrected chi connectivity index (χ0v) is 13.9. The molecule has 0 aliphatic carbocycles. The van der Waals surface area contributed by atoms with Crippen LogP contribution in [0, 0.1) is 11.3 Å². The highest BCUT2D eigenvalue weighted by Gasteiger charge is 2.25. The van der Waals surface area contributed by atoms with Gasteiger partial charge in [-0.1, -0.05) is 23.7 Å². The molecule has 0 unspecified atom stereocenters. The van der Waals surface area contributed by atoms with E-state index in [9.17, 15) is 18.3 Å². The normalized spacial score (nSPS) is 12.3.